The number of nitrogens with zero attached hydrogens (tertiary/aromatic N) is 1. The molecule has 2 aliphatic rings. The summed E-state index contributed by atoms with van der Waals surface area (Å²) in [4.78, 5) is 14.7. The van der Waals surface area contributed by atoms with E-state index >= 15 is 0 Å². The van der Waals surface area contributed by atoms with Crippen LogP contribution in [0.1, 0.15) is 64.4 Å². The molecule has 25 heavy (non-hydrogen) atoms. The van der Waals surface area contributed by atoms with Gasteiger partial charge in [-0.3, -0.25) is 4.90 Å². The van der Waals surface area contributed by atoms with Crippen molar-refractivity contribution in [2.45, 2.75) is 77.5 Å². The minimum Gasteiger partial charge on any atom is -0.445 e. The van der Waals surface area contributed by atoms with Gasteiger partial charge in [0.05, 0.1) is 6.04 Å². The van der Waals surface area contributed by atoms with Gasteiger partial charge >= 0.3 is 6.09 Å². The van der Waals surface area contributed by atoms with E-state index in [9.17, 15) is 4.79 Å². The molecule has 0 aliphatic carbocycles. The first-order valence-electron chi connectivity index (χ1n) is 9.89. The summed E-state index contributed by atoms with van der Waals surface area (Å²) in [5.41, 5.74) is 2.61. The predicted molar refractivity (Wildman–Crippen MR) is 101 cm³/mol. The van der Waals surface area contributed by atoms with Crippen molar-refractivity contribution in [1.29, 1.82) is 0 Å². The number of rotatable bonds is 6. The van der Waals surface area contributed by atoms with Gasteiger partial charge in [0.2, 0.25) is 0 Å². The Morgan fingerprint density at radius 1 is 1.20 bits per heavy atom. The Labute approximate surface area is 152 Å². The second kappa shape index (κ2) is 8.55. The molecule has 0 N–H and O–H groups in total. The molecule has 0 radical (unpaired) electrons. The van der Waals surface area contributed by atoms with Crippen LogP contribution in [0.2, 0.25) is 0 Å². The number of benzene rings is 1. The Balaban J connectivity index is 1.64. The fourth-order valence-corrected chi connectivity index (χ4v) is 4.30. The molecule has 2 bridgehead atoms. The van der Waals surface area contributed by atoms with E-state index in [4.69, 9.17) is 4.74 Å². The number of fused-ring (bicyclic) bond motifs is 2. The molecule has 1 aromatic carbocycles. The van der Waals surface area contributed by atoms with E-state index in [2.05, 4.69) is 19.9 Å². The predicted octanol–water partition coefficient (Wildman–Crippen LogP) is 5.70. The smallest absolute Gasteiger partial charge is 0.410 e. The van der Waals surface area contributed by atoms with Crippen molar-refractivity contribution in [3.8, 4) is 0 Å². The van der Waals surface area contributed by atoms with Gasteiger partial charge in [-0.25, -0.2) is 4.79 Å². The van der Waals surface area contributed by atoms with Crippen LogP contribution in [0.15, 0.2) is 42.0 Å². The Morgan fingerprint density at radius 2 is 1.96 bits per heavy atom. The fraction of sp³-hybridized carbons (Fsp3) is 0.591. The Bertz CT molecular complexity index is 591. The highest BCUT2D eigenvalue weighted by atomic mass is 16.6. The molecule has 0 saturated carbocycles. The van der Waals surface area contributed by atoms with Crippen molar-refractivity contribution in [2.24, 2.45) is 5.92 Å². The van der Waals surface area contributed by atoms with E-state index in [1.807, 2.05) is 35.2 Å². The molecule has 3 heteroatoms. The lowest BCUT2D eigenvalue weighted by molar-refractivity contribution is 0.0476. The number of piperidine rings is 1. The summed E-state index contributed by atoms with van der Waals surface area (Å²) in [6.45, 7) is 4.93. The summed E-state index contributed by atoms with van der Waals surface area (Å²) >= 11 is 0. The maximum Gasteiger partial charge on any atom is 0.410 e. The first-order chi connectivity index (χ1) is 12.2. The SMILES string of the molecule is CCC(CC)CC1=CC2CCCC(C1)N2C(=O)OCc1ccccc1. The first-order valence-corrected chi connectivity index (χ1v) is 9.89. The van der Waals surface area contributed by atoms with E-state index in [0.29, 0.717) is 12.6 Å². The summed E-state index contributed by atoms with van der Waals surface area (Å²) < 4.78 is 5.62. The van der Waals surface area contributed by atoms with Crippen LogP contribution in [0.4, 0.5) is 4.79 Å². The first kappa shape index (κ1) is 18.0. The topological polar surface area (TPSA) is 29.5 Å². The van der Waals surface area contributed by atoms with Crippen LogP contribution in [0, 0.1) is 5.92 Å². The quantitative estimate of drug-likeness (QED) is 0.621. The number of amides is 1. The second-order valence-corrected chi connectivity index (χ2v) is 7.52. The van der Waals surface area contributed by atoms with Crippen LogP contribution in [0.25, 0.3) is 0 Å². The maximum absolute atomic E-state index is 12.7. The molecule has 2 heterocycles. The Kier molecular flexibility index (Phi) is 6.17. The maximum atomic E-state index is 12.7. The zero-order valence-corrected chi connectivity index (χ0v) is 15.6. The highest BCUT2D eigenvalue weighted by Gasteiger charge is 2.38. The molecular formula is C22H31NO2. The average Bonchev–Trinajstić information content (AvgIpc) is 2.64. The average molecular weight is 341 g/mol. The molecule has 1 aromatic rings. The van der Waals surface area contributed by atoms with Gasteiger partial charge in [-0.2, -0.15) is 0 Å². The minimum absolute atomic E-state index is 0.142. The van der Waals surface area contributed by atoms with Gasteiger partial charge in [0.1, 0.15) is 6.61 Å². The van der Waals surface area contributed by atoms with Gasteiger partial charge in [0.15, 0.2) is 0 Å². The van der Waals surface area contributed by atoms with Crippen LogP contribution < -0.4 is 0 Å². The van der Waals surface area contributed by atoms with Crippen molar-refractivity contribution in [3.05, 3.63) is 47.5 Å². The highest BCUT2D eigenvalue weighted by Crippen LogP contribution is 2.36. The lowest BCUT2D eigenvalue weighted by atomic mass is 9.81. The van der Waals surface area contributed by atoms with Gasteiger partial charge in [0.25, 0.3) is 0 Å². The molecule has 0 aromatic heterocycles. The second-order valence-electron chi connectivity index (χ2n) is 7.52. The number of hydrogen-bond acceptors (Lipinski definition) is 2. The largest absolute Gasteiger partial charge is 0.445 e. The van der Waals surface area contributed by atoms with Crippen molar-refractivity contribution in [2.75, 3.05) is 0 Å². The molecule has 2 atom stereocenters. The zero-order valence-electron chi connectivity index (χ0n) is 15.6. The number of hydrogen-bond donors (Lipinski definition) is 0. The molecule has 1 saturated heterocycles. The molecule has 136 valence electrons. The third kappa shape index (κ3) is 4.45. The third-order valence-corrected chi connectivity index (χ3v) is 5.84. The summed E-state index contributed by atoms with van der Waals surface area (Å²) in [5, 5.41) is 0. The van der Waals surface area contributed by atoms with E-state index in [1.165, 1.54) is 25.7 Å². The molecule has 1 fully saturated rings. The van der Waals surface area contributed by atoms with Crippen molar-refractivity contribution < 1.29 is 9.53 Å². The summed E-state index contributed by atoms with van der Waals surface area (Å²) in [6.07, 6.45) is 10.3. The molecule has 2 aliphatic heterocycles. The van der Waals surface area contributed by atoms with E-state index in [-0.39, 0.29) is 12.1 Å². The molecule has 0 spiro atoms. The number of carbonyl (C=O) groups is 1. The normalized spacial score (nSPS) is 22.7. The third-order valence-electron chi connectivity index (χ3n) is 5.84. The summed E-state index contributed by atoms with van der Waals surface area (Å²) in [5.74, 6) is 0.781. The van der Waals surface area contributed by atoms with Gasteiger partial charge in [-0.15, -0.1) is 0 Å². The molecule has 2 unspecified atom stereocenters. The monoisotopic (exact) mass is 341 g/mol. The Hall–Kier alpha value is -1.77. The number of carbonyl (C=O) groups excluding carboxylic acids is 1. The standard InChI is InChI=1S/C22H31NO2/c1-3-17(4-2)13-19-14-20-11-8-12-21(15-19)23(20)22(24)25-16-18-9-6-5-7-10-18/h5-7,9-10,14,17,20-21H,3-4,8,11-13,15-16H2,1-2H3. The van der Waals surface area contributed by atoms with Crippen LogP contribution in [0.3, 0.4) is 0 Å². The van der Waals surface area contributed by atoms with Crippen molar-refractivity contribution >= 4 is 6.09 Å². The summed E-state index contributed by atoms with van der Waals surface area (Å²) in [6, 6.07) is 10.5. The van der Waals surface area contributed by atoms with Gasteiger partial charge in [0, 0.05) is 6.04 Å². The highest BCUT2D eigenvalue weighted by molar-refractivity contribution is 5.69. The molecule has 3 rings (SSSR count). The van der Waals surface area contributed by atoms with Crippen LogP contribution in [0.5, 0.6) is 0 Å². The fourth-order valence-electron chi connectivity index (χ4n) is 4.30. The Morgan fingerprint density at radius 3 is 2.64 bits per heavy atom. The molecule has 1 amide bonds. The van der Waals surface area contributed by atoms with Crippen LogP contribution in [-0.4, -0.2) is 23.1 Å². The summed E-state index contributed by atoms with van der Waals surface area (Å²) in [7, 11) is 0. The van der Waals surface area contributed by atoms with Crippen LogP contribution in [-0.2, 0) is 11.3 Å². The lowest BCUT2D eigenvalue weighted by Crippen LogP contribution is -2.52. The van der Waals surface area contributed by atoms with Crippen LogP contribution >= 0.6 is 0 Å². The van der Waals surface area contributed by atoms with E-state index < -0.39 is 0 Å². The van der Waals surface area contributed by atoms with Crippen molar-refractivity contribution in [3.63, 3.8) is 0 Å². The zero-order chi connectivity index (χ0) is 17.6. The molecular weight excluding hydrogens is 310 g/mol. The number of ether oxygens (including phenoxy) is 1. The van der Waals surface area contributed by atoms with E-state index in [1.54, 1.807) is 5.57 Å². The minimum atomic E-state index is -0.142. The van der Waals surface area contributed by atoms with Gasteiger partial charge in [-0.05, 0) is 43.6 Å². The van der Waals surface area contributed by atoms with Gasteiger partial charge < -0.3 is 4.74 Å². The van der Waals surface area contributed by atoms with Crippen molar-refractivity contribution in [1.82, 2.24) is 4.90 Å². The lowest BCUT2D eigenvalue weighted by Gasteiger charge is -2.44. The van der Waals surface area contributed by atoms with E-state index in [0.717, 1.165) is 30.7 Å². The van der Waals surface area contributed by atoms with Gasteiger partial charge in [-0.1, -0.05) is 68.7 Å². The molecule has 3 nitrogen and oxygen atoms in total.